The molecule has 3 amide bonds. The molecule has 1 saturated heterocycles. The van der Waals surface area contributed by atoms with Gasteiger partial charge in [0.1, 0.15) is 17.3 Å². The molecule has 5 nitrogen and oxygen atoms in total. The molecular formula is C13H15F2N3O2. The third-order valence-corrected chi connectivity index (χ3v) is 3.06. The fourth-order valence-corrected chi connectivity index (χ4v) is 2.01. The number of rotatable bonds is 3. The van der Waals surface area contributed by atoms with Crippen molar-refractivity contribution in [2.45, 2.75) is 12.8 Å². The predicted molar refractivity (Wildman–Crippen MR) is 69.2 cm³/mol. The minimum absolute atomic E-state index is 0.193. The van der Waals surface area contributed by atoms with Crippen molar-refractivity contribution in [3.05, 3.63) is 29.8 Å². The van der Waals surface area contributed by atoms with Crippen LogP contribution in [0.1, 0.15) is 12.8 Å². The van der Waals surface area contributed by atoms with Crippen LogP contribution in [-0.2, 0) is 4.79 Å². The van der Waals surface area contributed by atoms with Gasteiger partial charge in [0.25, 0.3) is 0 Å². The Balaban J connectivity index is 1.85. The van der Waals surface area contributed by atoms with Gasteiger partial charge >= 0.3 is 6.03 Å². The van der Waals surface area contributed by atoms with Crippen LogP contribution in [0.4, 0.5) is 19.3 Å². The molecule has 7 heteroatoms. The molecule has 1 fully saturated rings. The van der Waals surface area contributed by atoms with Crippen LogP contribution in [0.2, 0.25) is 0 Å². The van der Waals surface area contributed by atoms with E-state index in [1.165, 1.54) is 6.07 Å². The van der Waals surface area contributed by atoms with E-state index in [1.54, 1.807) is 4.90 Å². The molecular weight excluding hydrogens is 268 g/mol. The van der Waals surface area contributed by atoms with Gasteiger partial charge in [-0.15, -0.1) is 0 Å². The van der Waals surface area contributed by atoms with E-state index in [1.807, 2.05) is 0 Å². The number of likely N-dealkylation sites (tertiary alicyclic amines) is 1. The van der Waals surface area contributed by atoms with Crippen molar-refractivity contribution >= 4 is 17.6 Å². The van der Waals surface area contributed by atoms with Crippen LogP contribution in [0.3, 0.4) is 0 Å². The maximum absolute atomic E-state index is 13.3. The number of para-hydroxylation sites is 1. The number of nitrogens with zero attached hydrogens (tertiary/aromatic N) is 1. The molecule has 108 valence electrons. The molecule has 2 N–H and O–H groups in total. The van der Waals surface area contributed by atoms with E-state index in [-0.39, 0.29) is 12.5 Å². The lowest BCUT2D eigenvalue weighted by molar-refractivity contribution is -0.128. The lowest BCUT2D eigenvalue weighted by Gasteiger charge is -2.15. The van der Waals surface area contributed by atoms with Crippen LogP contribution in [0.5, 0.6) is 0 Å². The summed E-state index contributed by atoms with van der Waals surface area (Å²) in [6.45, 7) is 1.18. The third-order valence-electron chi connectivity index (χ3n) is 3.06. The molecule has 2 rings (SSSR count). The zero-order valence-corrected chi connectivity index (χ0v) is 10.8. The Morgan fingerprint density at radius 2 is 1.75 bits per heavy atom. The van der Waals surface area contributed by atoms with Gasteiger partial charge in [-0.3, -0.25) is 4.79 Å². The van der Waals surface area contributed by atoms with E-state index in [0.717, 1.165) is 25.0 Å². The van der Waals surface area contributed by atoms with Crippen molar-refractivity contribution in [1.82, 2.24) is 10.2 Å². The van der Waals surface area contributed by atoms with Gasteiger partial charge in [0.15, 0.2) is 0 Å². The van der Waals surface area contributed by atoms with Crippen LogP contribution in [0, 0.1) is 11.6 Å². The zero-order valence-electron chi connectivity index (χ0n) is 10.8. The molecule has 1 heterocycles. The van der Waals surface area contributed by atoms with Crippen LogP contribution in [-0.4, -0.2) is 36.5 Å². The average Bonchev–Trinajstić information content (AvgIpc) is 2.94. The van der Waals surface area contributed by atoms with Crippen molar-refractivity contribution in [2.75, 3.05) is 25.0 Å². The average molecular weight is 283 g/mol. The van der Waals surface area contributed by atoms with Crippen molar-refractivity contribution < 1.29 is 18.4 Å². The first-order valence-corrected chi connectivity index (χ1v) is 6.34. The number of hydrogen-bond acceptors (Lipinski definition) is 2. The van der Waals surface area contributed by atoms with Crippen LogP contribution >= 0.6 is 0 Å². The Labute approximate surface area is 114 Å². The van der Waals surface area contributed by atoms with Gasteiger partial charge in [-0.2, -0.15) is 0 Å². The number of carbonyl (C=O) groups excluding carboxylic acids is 2. The number of hydrogen-bond donors (Lipinski definition) is 2. The van der Waals surface area contributed by atoms with Gasteiger partial charge < -0.3 is 15.5 Å². The summed E-state index contributed by atoms with van der Waals surface area (Å²) in [5, 5.41) is 4.34. The van der Waals surface area contributed by atoms with Gasteiger partial charge in [0.2, 0.25) is 5.91 Å². The summed E-state index contributed by atoms with van der Waals surface area (Å²) in [7, 11) is 0. The number of urea groups is 1. The van der Waals surface area contributed by atoms with Crippen LogP contribution < -0.4 is 10.6 Å². The minimum Gasteiger partial charge on any atom is -0.341 e. The number of halogens is 2. The van der Waals surface area contributed by atoms with Crippen LogP contribution in [0.15, 0.2) is 18.2 Å². The molecule has 1 aromatic carbocycles. The monoisotopic (exact) mass is 283 g/mol. The summed E-state index contributed by atoms with van der Waals surface area (Å²) in [6, 6.07) is 2.45. The molecule has 1 aliphatic rings. The number of amides is 3. The lowest BCUT2D eigenvalue weighted by Crippen LogP contribution is -2.40. The van der Waals surface area contributed by atoms with Crippen molar-refractivity contribution in [2.24, 2.45) is 0 Å². The fraction of sp³-hybridized carbons (Fsp3) is 0.385. The number of anilines is 1. The van der Waals surface area contributed by atoms with Crippen LogP contribution in [0.25, 0.3) is 0 Å². The van der Waals surface area contributed by atoms with E-state index < -0.39 is 23.4 Å². The molecule has 0 aliphatic carbocycles. The Morgan fingerprint density at radius 3 is 2.35 bits per heavy atom. The van der Waals surface area contributed by atoms with Gasteiger partial charge in [0.05, 0.1) is 6.54 Å². The Bertz CT molecular complexity index is 496. The Hall–Kier alpha value is -2.18. The largest absolute Gasteiger partial charge is 0.341 e. The first-order chi connectivity index (χ1) is 9.58. The highest BCUT2D eigenvalue weighted by molar-refractivity contribution is 5.92. The molecule has 0 spiro atoms. The highest BCUT2D eigenvalue weighted by atomic mass is 19.1. The minimum atomic E-state index is -0.869. The maximum Gasteiger partial charge on any atom is 0.319 e. The van der Waals surface area contributed by atoms with E-state index in [0.29, 0.717) is 13.1 Å². The van der Waals surface area contributed by atoms with Crippen molar-refractivity contribution in [3.63, 3.8) is 0 Å². The van der Waals surface area contributed by atoms with E-state index >= 15 is 0 Å². The van der Waals surface area contributed by atoms with E-state index in [4.69, 9.17) is 0 Å². The van der Waals surface area contributed by atoms with Crippen molar-refractivity contribution in [3.8, 4) is 0 Å². The second-order valence-corrected chi connectivity index (χ2v) is 4.49. The lowest BCUT2D eigenvalue weighted by atomic mass is 10.3. The molecule has 1 aliphatic heterocycles. The molecule has 20 heavy (non-hydrogen) atoms. The fourth-order valence-electron chi connectivity index (χ4n) is 2.01. The molecule has 0 unspecified atom stereocenters. The summed E-state index contributed by atoms with van der Waals surface area (Å²) < 4.78 is 26.6. The number of nitrogens with one attached hydrogen (secondary N) is 2. The van der Waals surface area contributed by atoms with Gasteiger partial charge in [0, 0.05) is 13.1 Å². The number of benzene rings is 1. The smallest absolute Gasteiger partial charge is 0.319 e. The molecule has 0 aromatic heterocycles. The summed E-state index contributed by atoms with van der Waals surface area (Å²) in [4.78, 5) is 24.8. The summed E-state index contributed by atoms with van der Waals surface area (Å²) in [6.07, 6.45) is 1.91. The van der Waals surface area contributed by atoms with Gasteiger partial charge in [-0.1, -0.05) is 6.07 Å². The molecule has 0 saturated carbocycles. The van der Waals surface area contributed by atoms with E-state index in [2.05, 4.69) is 10.6 Å². The van der Waals surface area contributed by atoms with E-state index in [9.17, 15) is 18.4 Å². The molecule has 0 atom stereocenters. The quantitative estimate of drug-likeness (QED) is 0.887. The first kappa shape index (κ1) is 14.2. The summed E-state index contributed by atoms with van der Waals surface area (Å²) >= 11 is 0. The summed E-state index contributed by atoms with van der Waals surface area (Å²) in [5.41, 5.74) is -0.529. The maximum atomic E-state index is 13.3. The SMILES string of the molecule is O=C(NCC(=O)N1CCCC1)Nc1c(F)cccc1F. The Morgan fingerprint density at radius 1 is 1.15 bits per heavy atom. The van der Waals surface area contributed by atoms with Crippen molar-refractivity contribution in [1.29, 1.82) is 0 Å². The zero-order chi connectivity index (χ0) is 14.5. The summed E-state index contributed by atoms with van der Waals surface area (Å²) in [5.74, 6) is -1.94. The van der Waals surface area contributed by atoms with Gasteiger partial charge in [-0.05, 0) is 25.0 Å². The normalized spacial score (nSPS) is 14.2. The second kappa shape index (κ2) is 6.31. The standard InChI is InChI=1S/C13H15F2N3O2/c14-9-4-3-5-10(15)12(9)17-13(20)16-8-11(19)18-6-1-2-7-18/h3-5H,1-2,6-8H2,(H2,16,17,20). The molecule has 0 radical (unpaired) electrons. The third kappa shape index (κ3) is 3.43. The number of carbonyl (C=O) groups is 2. The first-order valence-electron chi connectivity index (χ1n) is 6.34. The highest BCUT2D eigenvalue weighted by Crippen LogP contribution is 2.17. The molecule has 1 aromatic rings. The highest BCUT2D eigenvalue weighted by Gasteiger charge is 2.18. The predicted octanol–water partition coefficient (Wildman–Crippen LogP) is 1.71. The van der Waals surface area contributed by atoms with Gasteiger partial charge in [-0.25, -0.2) is 13.6 Å². The second-order valence-electron chi connectivity index (χ2n) is 4.49. The Kier molecular flexibility index (Phi) is 4.49. The topological polar surface area (TPSA) is 61.4 Å². The molecule has 0 bridgehead atoms.